The summed E-state index contributed by atoms with van der Waals surface area (Å²) in [6, 6.07) is 11.8. The van der Waals surface area contributed by atoms with Gasteiger partial charge in [0.25, 0.3) is 11.5 Å². The lowest BCUT2D eigenvalue weighted by Crippen LogP contribution is -2.43. The van der Waals surface area contributed by atoms with Gasteiger partial charge in [0.15, 0.2) is 0 Å². The average Bonchev–Trinajstić information content (AvgIpc) is 3.49. The Hall–Kier alpha value is -4.34. The monoisotopic (exact) mass is 446 g/mol. The molecule has 3 heterocycles. The summed E-state index contributed by atoms with van der Waals surface area (Å²) in [5.74, 6) is -1.16. The maximum absolute atomic E-state index is 13.6. The molecular formula is C23H19FN6O3. The van der Waals surface area contributed by atoms with Crippen LogP contribution in [-0.2, 0) is 4.79 Å². The first-order valence-corrected chi connectivity index (χ1v) is 10.4. The quantitative estimate of drug-likeness (QED) is 0.496. The number of carbonyl (C=O) groups is 2. The minimum absolute atomic E-state index is 0.253. The van der Waals surface area contributed by atoms with Gasteiger partial charge in [-0.1, -0.05) is 5.21 Å². The molecule has 0 radical (unpaired) electrons. The fraction of sp³-hybridized carbons (Fsp3) is 0.174. The van der Waals surface area contributed by atoms with Crippen molar-refractivity contribution in [3.8, 4) is 16.9 Å². The smallest absolute Gasteiger partial charge is 0.258 e. The number of hydrogen-bond acceptors (Lipinski definition) is 5. The van der Waals surface area contributed by atoms with Gasteiger partial charge in [0.2, 0.25) is 5.91 Å². The molecule has 1 atom stereocenters. The lowest BCUT2D eigenvalue weighted by atomic mass is 10.1. The largest absolute Gasteiger partial charge is 0.368 e. The van der Waals surface area contributed by atoms with E-state index in [2.05, 4.69) is 15.3 Å². The first-order chi connectivity index (χ1) is 15.9. The minimum atomic E-state index is -0.580. The summed E-state index contributed by atoms with van der Waals surface area (Å²) in [6.07, 6.45) is 2.89. The molecule has 2 amide bonds. The van der Waals surface area contributed by atoms with Crippen LogP contribution in [0.5, 0.6) is 0 Å². The van der Waals surface area contributed by atoms with Crippen molar-refractivity contribution in [3.63, 3.8) is 0 Å². The fourth-order valence-electron chi connectivity index (χ4n) is 4.11. The van der Waals surface area contributed by atoms with Crippen molar-refractivity contribution in [2.24, 2.45) is 5.73 Å². The topological polar surface area (TPSA) is 127 Å². The number of hydrogen-bond donors (Lipinski definition) is 2. The maximum atomic E-state index is 13.6. The number of amides is 2. The summed E-state index contributed by atoms with van der Waals surface area (Å²) >= 11 is 0. The molecule has 0 bridgehead atoms. The number of primary amides is 1. The Morgan fingerprint density at radius 3 is 2.67 bits per heavy atom. The van der Waals surface area contributed by atoms with E-state index in [1.807, 2.05) is 0 Å². The highest BCUT2D eigenvalue weighted by atomic mass is 19.1. The van der Waals surface area contributed by atoms with E-state index in [0.29, 0.717) is 40.8 Å². The molecule has 0 spiro atoms. The van der Waals surface area contributed by atoms with Gasteiger partial charge >= 0.3 is 0 Å². The number of carbonyl (C=O) groups excluding carboxylic acids is 2. The molecule has 0 aliphatic carbocycles. The van der Waals surface area contributed by atoms with Gasteiger partial charge in [-0.15, -0.1) is 5.10 Å². The number of nitrogens with zero attached hydrogens (tertiary/aromatic N) is 4. The standard InChI is InChI=1S/C23H19FN6O3/c24-15-5-8-18-14(10-15)11-17(22(32)26-18)19-12-30(28-27-19)16-6-3-13(4-7-16)23(33)29-9-1-2-20(29)21(25)31/h3-8,10-12,20H,1-2,9H2,(H2,25,31)(H,26,32)/t20-/m0/s1. The summed E-state index contributed by atoms with van der Waals surface area (Å²) in [4.78, 5) is 41.1. The van der Waals surface area contributed by atoms with Crippen LogP contribution in [0, 0.1) is 5.82 Å². The van der Waals surface area contributed by atoms with Gasteiger partial charge in [-0.2, -0.15) is 0 Å². The molecule has 1 saturated heterocycles. The number of nitrogens with one attached hydrogen (secondary N) is 1. The Morgan fingerprint density at radius 1 is 1.12 bits per heavy atom. The highest BCUT2D eigenvalue weighted by molar-refractivity contribution is 5.97. The predicted octanol–water partition coefficient (Wildman–Crippen LogP) is 2.00. The van der Waals surface area contributed by atoms with Crippen LogP contribution in [0.3, 0.4) is 0 Å². The van der Waals surface area contributed by atoms with Crippen molar-refractivity contribution in [2.75, 3.05) is 6.54 Å². The van der Waals surface area contributed by atoms with E-state index in [0.717, 1.165) is 6.42 Å². The zero-order valence-electron chi connectivity index (χ0n) is 17.4. The zero-order chi connectivity index (χ0) is 23.1. The van der Waals surface area contributed by atoms with Crippen molar-refractivity contribution < 1.29 is 14.0 Å². The second-order valence-electron chi connectivity index (χ2n) is 7.90. The van der Waals surface area contributed by atoms with E-state index in [1.54, 1.807) is 36.5 Å². The van der Waals surface area contributed by atoms with E-state index < -0.39 is 17.8 Å². The molecule has 0 unspecified atom stereocenters. The van der Waals surface area contributed by atoms with Gasteiger partial charge in [-0.25, -0.2) is 9.07 Å². The van der Waals surface area contributed by atoms with Gasteiger partial charge in [-0.05, 0) is 61.4 Å². The van der Waals surface area contributed by atoms with Crippen LogP contribution in [0.2, 0.25) is 0 Å². The normalized spacial score (nSPS) is 15.8. The van der Waals surface area contributed by atoms with Crippen LogP contribution < -0.4 is 11.3 Å². The third-order valence-corrected chi connectivity index (χ3v) is 5.80. The van der Waals surface area contributed by atoms with Gasteiger partial charge in [0.05, 0.1) is 17.4 Å². The molecule has 166 valence electrons. The van der Waals surface area contributed by atoms with Crippen molar-refractivity contribution in [2.45, 2.75) is 18.9 Å². The number of fused-ring (bicyclic) bond motifs is 1. The molecule has 4 aromatic rings. The predicted molar refractivity (Wildman–Crippen MR) is 118 cm³/mol. The molecule has 33 heavy (non-hydrogen) atoms. The summed E-state index contributed by atoms with van der Waals surface area (Å²) in [6.45, 7) is 0.491. The van der Waals surface area contributed by atoms with Crippen LogP contribution in [0.1, 0.15) is 23.2 Å². The van der Waals surface area contributed by atoms with E-state index >= 15 is 0 Å². The zero-order valence-corrected chi connectivity index (χ0v) is 17.4. The second-order valence-corrected chi connectivity index (χ2v) is 7.90. The maximum Gasteiger partial charge on any atom is 0.258 e. The van der Waals surface area contributed by atoms with Crippen LogP contribution in [0.25, 0.3) is 27.8 Å². The molecule has 5 rings (SSSR count). The first kappa shape index (κ1) is 20.6. The Balaban J connectivity index is 1.41. The second kappa shape index (κ2) is 7.97. The third kappa shape index (κ3) is 3.75. The summed E-state index contributed by atoms with van der Waals surface area (Å²) in [5.41, 5.74) is 7.21. The van der Waals surface area contributed by atoms with Gasteiger partial charge in [-0.3, -0.25) is 14.4 Å². The number of pyridine rings is 1. The number of aromatic nitrogens is 4. The van der Waals surface area contributed by atoms with Gasteiger partial charge < -0.3 is 15.6 Å². The van der Waals surface area contributed by atoms with Crippen molar-refractivity contribution in [1.82, 2.24) is 24.9 Å². The highest BCUT2D eigenvalue weighted by Crippen LogP contribution is 2.22. The Labute approximate surface area is 186 Å². The Kier molecular flexibility index (Phi) is 4.97. The summed E-state index contributed by atoms with van der Waals surface area (Å²) in [5, 5.41) is 8.69. The Morgan fingerprint density at radius 2 is 1.91 bits per heavy atom. The lowest BCUT2D eigenvalue weighted by Gasteiger charge is -2.22. The molecule has 0 saturated carbocycles. The molecule has 1 fully saturated rings. The van der Waals surface area contributed by atoms with Gasteiger partial charge in [0, 0.05) is 23.0 Å². The molecule has 2 aromatic heterocycles. The number of likely N-dealkylation sites (tertiary alicyclic amines) is 1. The number of rotatable bonds is 4. The lowest BCUT2D eigenvalue weighted by molar-refractivity contribution is -0.121. The number of aromatic amines is 1. The SMILES string of the molecule is NC(=O)[C@@H]1CCCN1C(=O)c1ccc(-n2cc(-c3cc4cc(F)ccc4[nH]c3=O)nn2)cc1. The molecule has 1 aliphatic heterocycles. The van der Waals surface area contributed by atoms with Crippen LogP contribution >= 0.6 is 0 Å². The van der Waals surface area contributed by atoms with Crippen molar-refractivity contribution in [3.05, 3.63) is 76.5 Å². The molecule has 9 nitrogen and oxygen atoms in total. The summed E-state index contributed by atoms with van der Waals surface area (Å²) in [7, 11) is 0. The summed E-state index contributed by atoms with van der Waals surface area (Å²) < 4.78 is 15.0. The van der Waals surface area contributed by atoms with E-state index in [9.17, 15) is 18.8 Å². The van der Waals surface area contributed by atoms with Gasteiger partial charge in [0.1, 0.15) is 17.6 Å². The number of H-pyrrole nitrogens is 1. The van der Waals surface area contributed by atoms with E-state index in [1.165, 1.54) is 27.8 Å². The number of halogens is 1. The fourth-order valence-corrected chi connectivity index (χ4v) is 4.11. The molecule has 3 N–H and O–H groups in total. The van der Waals surface area contributed by atoms with Crippen LogP contribution in [-0.4, -0.2) is 49.3 Å². The average molecular weight is 446 g/mol. The first-order valence-electron chi connectivity index (χ1n) is 10.4. The molecule has 2 aromatic carbocycles. The third-order valence-electron chi connectivity index (χ3n) is 5.80. The van der Waals surface area contributed by atoms with Crippen molar-refractivity contribution in [1.29, 1.82) is 0 Å². The van der Waals surface area contributed by atoms with Crippen LogP contribution in [0.15, 0.2) is 59.5 Å². The molecular weight excluding hydrogens is 427 g/mol. The molecule has 10 heteroatoms. The number of benzene rings is 2. The molecule has 1 aliphatic rings. The van der Waals surface area contributed by atoms with E-state index in [4.69, 9.17) is 5.73 Å². The van der Waals surface area contributed by atoms with E-state index in [-0.39, 0.29) is 17.0 Å². The van der Waals surface area contributed by atoms with Crippen LogP contribution in [0.4, 0.5) is 4.39 Å². The Bertz CT molecular complexity index is 1440. The highest BCUT2D eigenvalue weighted by Gasteiger charge is 2.33. The van der Waals surface area contributed by atoms with Crippen molar-refractivity contribution >= 4 is 22.7 Å². The number of nitrogens with two attached hydrogens (primary N) is 1. The minimum Gasteiger partial charge on any atom is -0.368 e.